The maximum absolute atomic E-state index is 13.3. The van der Waals surface area contributed by atoms with Crippen LogP contribution < -0.4 is 10.1 Å². The van der Waals surface area contributed by atoms with Crippen molar-refractivity contribution in [3.63, 3.8) is 0 Å². The van der Waals surface area contributed by atoms with Crippen molar-refractivity contribution in [2.24, 2.45) is 0 Å². The van der Waals surface area contributed by atoms with Crippen LogP contribution in [0.2, 0.25) is 0 Å². The van der Waals surface area contributed by atoms with Gasteiger partial charge in [-0.3, -0.25) is 9.48 Å². The molecule has 3 aromatic heterocycles. The summed E-state index contributed by atoms with van der Waals surface area (Å²) >= 11 is 0. The highest BCUT2D eigenvalue weighted by Crippen LogP contribution is 2.36. The summed E-state index contributed by atoms with van der Waals surface area (Å²) < 4.78 is 8.99. The molecule has 3 heterocycles. The number of anilines is 1. The van der Waals surface area contributed by atoms with Gasteiger partial charge in [0.1, 0.15) is 17.3 Å². The van der Waals surface area contributed by atoms with Gasteiger partial charge < -0.3 is 15.2 Å². The van der Waals surface area contributed by atoms with Crippen molar-refractivity contribution in [1.29, 1.82) is 0 Å². The van der Waals surface area contributed by atoms with Crippen LogP contribution in [0.1, 0.15) is 47.8 Å². The number of aryl methyl sites for hydroxylation is 1. The van der Waals surface area contributed by atoms with Crippen molar-refractivity contribution in [2.75, 3.05) is 19.0 Å². The van der Waals surface area contributed by atoms with Crippen molar-refractivity contribution < 1.29 is 14.6 Å². The molecule has 1 saturated carbocycles. The molecule has 0 spiro atoms. The smallest absolute Gasteiger partial charge is 0.260 e. The first-order valence-electron chi connectivity index (χ1n) is 11.4. The molecule has 4 aromatic rings. The van der Waals surface area contributed by atoms with E-state index in [1.807, 2.05) is 36.1 Å². The van der Waals surface area contributed by atoms with Crippen LogP contribution in [0.25, 0.3) is 22.6 Å². The average molecular weight is 475 g/mol. The molecule has 1 aliphatic rings. The van der Waals surface area contributed by atoms with E-state index in [1.165, 1.54) is 11.8 Å². The number of aliphatic hydroxyl groups is 1. The van der Waals surface area contributed by atoms with Gasteiger partial charge in [-0.15, -0.1) is 5.10 Å². The predicted octanol–water partition coefficient (Wildman–Crippen LogP) is 3.06. The van der Waals surface area contributed by atoms with Crippen LogP contribution in [0.3, 0.4) is 0 Å². The second-order valence-corrected chi connectivity index (χ2v) is 8.65. The summed E-state index contributed by atoms with van der Waals surface area (Å²) in [4.78, 5) is 17.8. The Bertz CT molecular complexity index is 1370. The van der Waals surface area contributed by atoms with E-state index < -0.39 is 0 Å². The van der Waals surface area contributed by atoms with Gasteiger partial charge in [-0.2, -0.15) is 5.10 Å². The van der Waals surface area contributed by atoms with Crippen LogP contribution in [-0.2, 0) is 0 Å². The molecule has 1 unspecified atom stereocenters. The number of aromatic nitrogens is 7. The lowest BCUT2D eigenvalue weighted by molar-refractivity contribution is 0.102. The van der Waals surface area contributed by atoms with E-state index in [0.29, 0.717) is 34.7 Å². The Morgan fingerprint density at radius 2 is 2.14 bits per heavy atom. The second-order valence-electron chi connectivity index (χ2n) is 8.65. The number of nitrogens with one attached hydrogen (secondary N) is 1. The molecule has 2 N–H and O–H groups in total. The monoisotopic (exact) mass is 474 g/mol. The quantitative estimate of drug-likeness (QED) is 0.398. The SMILES string of the molecule is COc1cc(C)c(-c2cnn(C3CC3)c2)cc1C(=O)Nc1cccc(-c2nnnn2C(C)CO)n1. The molecule has 35 heavy (non-hydrogen) atoms. The third-order valence-corrected chi connectivity index (χ3v) is 6.02. The predicted molar refractivity (Wildman–Crippen MR) is 128 cm³/mol. The molecule has 0 bridgehead atoms. The minimum atomic E-state index is -0.356. The lowest BCUT2D eigenvalue weighted by atomic mass is 9.99. The highest BCUT2D eigenvalue weighted by atomic mass is 16.5. The summed E-state index contributed by atoms with van der Waals surface area (Å²) in [6.45, 7) is 3.65. The Morgan fingerprint density at radius 1 is 1.31 bits per heavy atom. The zero-order valence-corrected chi connectivity index (χ0v) is 19.7. The van der Waals surface area contributed by atoms with E-state index in [1.54, 1.807) is 25.1 Å². The maximum atomic E-state index is 13.3. The normalized spacial score (nSPS) is 14.1. The number of methoxy groups -OCH3 is 1. The number of aliphatic hydroxyl groups excluding tert-OH is 1. The molecule has 0 saturated heterocycles. The topological polar surface area (TPSA) is 133 Å². The molecule has 1 fully saturated rings. The number of hydrogen-bond acceptors (Lipinski definition) is 8. The van der Waals surface area contributed by atoms with E-state index in [-0.39, 0.29) is 18.6 Å². The molecule has 1 atom stereocenters. The van der Waals surface area contributed by atoms with Gasteiger partial charge in [0.15, 0.2) is 0 Å². The third-order valence-electron chi connectivity index (χ3n) is 6.02. The van der Waals surface area contributed by atoms with Crippen LogP contribution in [0.5, 0.6) is 5.75 Å². The summed E-state index contributed by atoms with van der Waals surface area (Å²) in [5, 5.41) is 28.5. The molecule has 1 aliphatic carbocycles. The Labute approximate surface area is 201 Å². The Morgan fingerprint density at radius 3 is 2.89 bits per heavy atom. The average Bonchev–Trinajstić information content (AvgIpc) is 3.39. The highest BCUT2D eigenvalue weighted by molar-refractivity contribution is 6.06. The zero-order chi connectivity index (χ0) is 24.5. The Kier molecular flexibility index (Phi) is 6.00. The van der Waals surface area contributed by atoms with E-state index >= 15 is 0 Å². The minimum Gasteiger partial charge on any atom is -0.496 e. The van der Waals surface area contributed by atoms with Gasteiger partial charge in [-0.25, -0.2) is 9.67 Å². The van der Waals surface area contributed by atoms with Gasteiger partial charge in [0.25, 0.3) is 5.91 Å². The molecular formula is C24H26N8O3. The van der Waals surface area contributed by atoms with Crippen molar-refractivity contribution >= 4 is 11.7 Å². The molecule has 0 radical (unpaired) electrons. The molecule has 11 nitrogen and oxygen atoms in total. The molecule has 11 heteroatoms. The van der Waals surface area contributed by atoms with Gasteiger partial charge in [0.2, 0.25) is 5.82 Å². The molecule has 180 valence electrons. The minimum absolute atomic E-state index is 0.121. The number of hydrogen-bond donors (Lipinski definition) is 2. The summed E-state index contributed by atoms with van der Waals surface area (Å²) in [5.74, 6) is 0.843. The van der Waals surface area contributed by atoms with Crippen LogP contribution in [0, 0.1) is 6.92 Å². The fraction of sp³-hybridized carbons (Fsp3) is 0.333. The Balaban J connectivity index is 1.44. The number of carbonyl (C=O) groups excluding carboxylic acids is 1. The summed E-state index contributed by atoms with van der Waals surface area (Å²) in [6.07, 6.45) is 6.15. The summed E-state index contributed by atoms with van der Waals surface area (Å²) in [7, 11) is 1.54. The van der Waals surface area contributed by atoms with Gasteiger partial charge in [0, 0.05) is 11.8 Å². The first-order valence-corrected chi connectivity index (χ1v) is 11.4. The maximum Gasteiger partial charge on any atom is 0.260 e. The van der Waals surface area contributed by atoms with E-state index in [2.05, 4.69) is 30.9 Å². The van der Waals surface area contributed by atoms with Gasteiger partial charge in [-0.1, -0.05) is 6.07 Å². The number of rotatable bonds is 8. The number of tetrazole rings is 1. The highest BCUT2D eigenvalue weighted by Gasteiger charge is 2.25. The number of amides is 1. The first-order chi connectivity index (χ1) is 17.0. The molecule has 1 aromatic carbocycles. The van der Waals surface area contributed by atoms with Crippen molar-refractivity contribution in [2.45, 2.75) is 38.8 Å². The largest absolute Gasteiger partial charge is 0.496 e. The fourth-order valence-corrected chi connectivity index (χ4v) is 3.90. The third kappa shape index (κ3) is 4.50. The standard InChI is InChI=1S/C24H26N8O3/c1-14-9-21(35-3)19(10-18(14)16-11-25-31(12-16)17-7-8-17)24(34)27-22-6-4-5-20(26-22)23-28-29-30-32(23)15(2)13-33/h4-6,9-12,15,17,33H,7-8,13H2,1-3H3,(H,26,27,34). The fourth-order valence-electron chi connectivity index (χ4n) is 3.90. The number of nitrogens with zero attached hydrogens (tertiary/aromatic N) is 7. The number of benzene rings is 1. The van der Waals surface area contributed by atoms with Gasteiger partial charge >= 0.3 is 0 Å². The second kappa shape index (κ2) is 9.26. The molecular weight excluding hydrogens is 448 g/mol. The van der Waals surface area contributed by atoms with Gasteiger partial charge in [-0.05, 0) is 72.5 Å². The van der Waals surface area contributed by atoms with Crippen molar-refractivity contribution in [1.82, 2.24) is 35.0 Å². The molecule has 1 amide bonds. The van der Waals surface area contributed by atoms with Crippen LogP contribution in [0.15, 0.2) is 42.7 Å². The molecule has 0 aliphatic heterocycles. The van der Waals surface area contributed by atoms with Crippen LogP contribution in [0.4, 0.5) is 5.82 Å². The molecule has 5 rings (SSSR count). The first kappa shape index (κ1) is 22.7. The lowest BCUT2D eigenvalue weighted by Crippen LogP contribution is -2.16. The number of pyridine rings is 1. The zero-order valence-electron chi connectivity index (χ0n) is 19.7. The van der Waals surface area contributed by atoms with Crippen LogP contribution >= 0.6 is 0 Å². The van der Waals surface area contributed by atoms with E-state index in [9.17, 15) is 9.90 Å². The van der Waals surface area contributed by atoms with Crippen molar-refractivity contribution in [3.05, 3.63) is 53.9 Å². The number of ether oxygens (including phenoxy) is 1. The summed E-state index contributed by atoms with van der Waals surface area (Å²) in [6, 6.07) is 9.02. The van der Waals surface area contributed by atoms with E-state index in [4.69, 9.17) is 4.74 Å². The van der Waals surface area contributed by atoms with Crippen molar-refractivity contribution in [3.8, 4) is 28.4 Å². The number of carbonyl (C=O) groups is 1. The lowest BCUT2D eigenvalue weighted by Gasteiger charge is -2.14. The van der Waals surface area contributed by atoms with E-state index in [0.717, 1.165) is 29.5 Å². The van der Waals surface area contributed by atoms with Gasteiger partial charge in [0.05, 0.1) is 37.6 Å². The van der Waals surface area contributed by atoms with Crippen LogP contribution in [-0.4, -0.2) is 59.7 Å². The summed E-state index contributed by atoms with van der Waals surface area (Å²) in [5.41, 5.74) is 3.71. The Hall–Kier alpha value is -4.12.